The summed E-state index contributed by atoms with van der Waals surface area (Å²) in [5.74, 6) is -1.84. The average molecular weight is 283 g/mol. The van der Waals surface area contributed by atoms with E-state index >= 15 is 0 Å². The van der Waals surface area contributed by atoms with Gasteiger partial charge in [0.1, 0.15) is 5.82 Å². The van der Waals surface area contributed by atoms with Crippen molar-refractivity contribution >= 4 is 11.9 Å². The number of rotatable bonds is 0. The predicted octanol–water partition coefficient (Wildman–Crippen LogP) is 1.77. The molecule has 6 N–H and O–H groups in total. The lowest BCUT2D eigenvalue weighted by Crippen LogP contribution is -2.20. The molecule has 0 atom stereocenters. The first kappa shape index (κ1) is 19.0. The van der Waals surface area contributed by atoms with E-state index in [0.29, 0.717) is 12.1 Å². The number of alkyl halides is 3. The molecule has 0 aromatic heterocycles. The van der Waals surface area contributed by atoms with Crippen LogP contribution in [-0.4, -0.2) is 17.0 Å². The molecule has 0 saturated carbocycles. The van der Waals surface area contributed by atoms with Gasteiger partial charge in [-0.05, 0) is 24.3 Å². The highest BCUT2D eigenvalue weighted by atomic mass is 19.4. The summed E-state index contributed by atoms with van der Waals surface area (Å²) in [5.41, 5.74) is 8.11. The first-order chi connectivity index (χ1) is 8.46. The van der Waals surface area contributed by atoms with Crippen LogP contribution < -0.4 is 11.5 Å². The smallest absolute Gasteiger partial charge is 0.416 e. The number of carbonyl (C=O) groups is 1. The zero-order chi connectivity index (χ0) is 15.6. The van der Waals surface area contributed by atoms with Crippen LogP contribution in [0.15, 0.2) is 24.3 Å². The fourth-order valence-corrected chi connectivity index (χ4v) is 0.639. The van der Waals surface area contributed by atoms with Crippen molar-refractivity contribution in [1.82, 2.24) is 0 Å². The lowest BCUT2D eigenvalue weighted by Gasteiger charge is -2.04. The monoisotopic (exact) mass is 283 g/mol. The van der Waals surface area contributed by atoms with E-state index in [2.05, 4.69) is 11.5 Å². The fourth-order valence-electron chi connectivity index (χ4n) is 0.639. The SMILES string of the molecule is CC(=O)O.Fc1ccc(C(F)(F)F)cc1.N=C(N)N. The van der Waals surface area contributed by atoms with Crippen molar-refractivity contribution in [2.45, 2.75) is 13.1 Å². The Hall–Kier alpha value is -2.32. The van der Waals surface area contributed by atoms with Crippen molar-refractivity contribution in [3.63, 3.8) is 0 Å². The molecule has 0 radical (unpaired) electrons. The Morgan fingerprint density at radius 2 is 1.47 bits per heavy atom. The summed E-state index contributed by atoms with van der Waals surface area (Å²) < 4.78 is 47.5. The van der Waals surface area contributed by atoms with Gasteiger partial charge in [-0.2, -0.15) is 13.2 Å². The second kappa shape index (κ2) is 8.72. The molecule has 1 rings (SSSR count). The summed E-state index contributed by atoms with van der Waals surface area (Å²) in [5, 5.41) is 13.5. The molecule has 1 aromatic carbocycles. The molecule has 1 aromatic rings. The molecule has 0 heterocycles. The number of nitrogens with two attached hydrogens (primary N) is 2. The predicted molar refractivity (Wildman–Crippen MR) is 60.8 cm³/mol. The Morgan fingerprint density at radius 1 is 1.21 bits per heavy atom. The Morgan fingerprint density at radius 3 is 1.68 bits per heavy atom. The van der Waals surface area contributed by atoms with Crippen LogP contribution in [0.4, 0.5) is 17.6 Å². The average Bonchev–Trinajstić information content (AvgIpc) is 2.14. The van der Waals surface area contributed by atoms with Crippen molar-refractivity contribution < 1.29 is 27.5 Å². The maximum atomic E-state index is 12.1. The zero-order valence-corrected chi connectivity index (χ0v) is 9.83. The van der Waals surface area contributed by atoms with E-state index in [1.165, 1.54) is 0 Å². The van der Waals surface area contributed by atoms with Gasteiger partial charge in [0.2, 0.25) is 0 Å². The van der Waals surface area contributed by atoms with E-state index in [9.17, 15) is 17.6 Å². The molecule has 19 heavy (non-hydrogen) atoms. The summed E-state index contributed by atoms with van der Waals surface area (Å²) in [6.45, 7) is 1.08. The highest BCUT2D eigenvalue weighted by Crippen LogP contribution is 2.28. The van der Waals surface area contributed by atoms with E-state index in [-0.39, 0.29) is 5.96 Å². The number of nitrogens with one attached hydrogen (secondary N) is 1. The molecule has 108 valence electrons. The molecule has 0 fully saturated rings. The van der Waals surface area contributed by atoms with Crippen LogP contribution in [0.1, 0.15) is 12.5 Å². The van der Waals surface area contributed by atoms with Crippen LogP contribution in [0.25, 0.3) is 0 Å². The first-order valence-corrected chi connectivity index (χ1v) is 4.58. The van der Waals surface area contributed by atoms with E-state index in [1.807, 2.05) is 0 Å². The highest BCUT2D eigenvalue weighted by Gasteiger charge is 2.29. The topological polar surface area (TPSA) is 113 Å². The maximum Gasteiger partial charge on any atom is 0.416 e. The number of hydrogen-bond acceptors (Lipinski definition) is 2. The third-order valence-corrected chi connectivity index (χ3v) is 1.17. The Kier molecular flexibility index (Phi) is 8.74. The lowest BCUT2D eigenvalue weighted by molar-refractivity contribution is -0.137. The first-order valence-electron chi connectivity index (χ1n) is 4.58. The number of benzene rings is 1. The number of halogens is 4. The molecule has 0 aliphatic heterocycles. The quantitative estimate of drug-likeness (QED) is 0.330. The van der Waals surface area contributed by atoms with Gasteiger partial charge < -0.3 is 16.6 Å². The molecule has 0 bridgehead atoms. The second-order valence-electron chi connectivity index (χ2n) is 2.98. The van der Waals surface area contributed by atoms with Crippen molar-refractivity contribution in [2.75, 3.05) is 0 Å². The molecular weight excluding hydrogens is 270 g/mol. The third kappa shape index (κ3) is 15.7. The Bertz CT molecular complexity index is 384. The van der Waals surface area contributed by atoms with Gasteiger partial charge in [0, 0.05) is 6.92 Å². The van der Waals surface area contributed by atoms with Gasteiger partial charge in [0.25, 0.3) is 5.97 Å². The number of aliphatic carboxylic acids is 1. The Labute approximate surface area is 106 Å². The van der Waals surface area contributed by atoms with Crippen molar-refractivity contribution in [1.29, 1.82) is 5.41 Å². The summed E-state index contributed by atoms with van der Waals surface area (Å²) in [6, 6.07) is 2.97. The maximum absolute atomic E-state index is 12.1. The van der Waals surface area contributed by atoms with Gasteiger partial charge in [0.15, 0.2) is 5.96 Å². The van der Waals surface area contributed by atoms with Crippen molar-refractivity contribution in [2.24, 2.45) is 11.5 Å². The molecule has 5 nitrogen and oxygen atoms in total. The fraction of sp³-hybridized carbons (Fsp3) is 0.200. The molecule has 9 heteroatoms. The van der Waals surface area contributed by atoms with E-state index in [1.54, 1.807) is 0 Å². The summed E-state index contributed by atoms with van der Waals surface area (Å²) in [4.78, 5) is 9.00. The summed E-state index contributed by atoms with van der Waals surface area (Å²) in [7, 11) is 0. The molecule has 0 aliphatic carbocycles. The van der Waals surface area contributed by atoms with Gasteiger partial charge in [-0.1, -0.05) is 0 Å². The van der Waals surface area contributed by atoms with Crippen LogP contribution in [0, 0.1) is 11.2 Å². The van der Waals surface area contributed by atoms with E-state index in [4.69, 9.17) is 15.3 Å². The van der Waals surface area contributed by atoms with Crippen LogP contribution in [0.3, 0.4) is 0 Å². The molecule has 0 aliphatic rings. The van der Waals surface area contributed by atoms with Gasteiger partial charge in [-0.3, -0.25) is 10.2 Å². The van der Waals surface area contributed by atoms with Gasteiger partial charge in [0.05, 0.1) is 5.56 Å². The van der Waals surface area contributed by atoms with Gasteiger partial charge in [-0.15, -0.1) is 0 Å². The minimum absolute atomic E-state index is 0.333. The zero-order valence-electron chi connectivity index (χ0n) is 9.83. The molecule has 0 spiro atoms. The lowest BCUT2D eigenvalue weighted by atomic mass is 10.2. The van der Waals surface area contributed by atoms with Crippen molar-refractivity contribution in [3.05, 3.63) is 35.6 Å². The minimum atomic E-state index is -4.38. The molecular formula is C10H13F4N3O2. The normalized spacial score (nSPS) is 9.32. The van der Waals surface area contributed by atoms with Gasteiger partial charge >= 0.3 is 6.18 Å². The standard InChI is InChI=1S/C7H4F4.C2H4O2.CH5N3/c8-6-3-1-5(2-4-6)7(9,10)11;1-2(3)4;2-1(3)4/h1-4H;1H3,(H,3,4);(H5,2,3,4). The van der Waals surface area contributed by atoms with E-state index < -0.39 is 23.5 Å². The Balaban J connectivity index is 0. The number of carboxylic acids is 1. The third-order valence-electron chi connectivity index (χ3n) is 1.17. The largest absolute Gasteiger partial charge is 0.481 e. The minimum Gasteiger partial charge on any atom is -0.481 e. The summed E-state index contributed by atoms with van der Waals surface area (Å²) in [6.07, 6.45) is -4.38. The molecule has 0 saturated heterocycles. The van der Waals surface area contributed by atoms with Gasteiger partial charge in [-0.25, -0.2) is 4.39 Å². The molecule has 0 amide bonds. The van der Waals surface area contributed by atoms with Crippen LogP contribution in [0.5, 0.6) is 0 Å². The van der Waals surface area contributed by atoms with Crippen LogP contribution in [0.2, 0.25) is 0 Å². The highest BCUT2D eigenvalue weighted by molar-refractivity contribution is 5.71. The van der Waals surface area contributed by atoms with E-state index in [0.717, 1.165) is 19.1 Å². The number of guanidine groups is 1. The van der Waals surface area contributed by atoms with Crippen LogP contribution in [-0.2, 0) is 11.0 Å². The number of carboxylic acid groups (broad SMARTS) is 1. The van der Waals surface area contributed by atoms with Crippen molar-refractivity contribution in [3.8, 4) is 0 Å². The number of hydrogen-bond donors (Lipinski definition) is 4. The molecule has 0 unspecified atom stereocenters. The van der Waals surface area contributed by atoms with Crippen LogP contribution >= 0.6 is 0 Å². The summed E-state index contributed by atoms with van der Waals surface area (Å²) >= 11 is 0. The second-order valence-corrected chi connectivity index (χ2v) is 2.98.